The van der Waals surface area contributed by atoms with E-state index >= 15 is 0 Å². The smallest absolute Gasteiger partial charge is 0.409 e. The first-order chi connectivity index (χ1) is 9.65. The van der Waals surface area contributed by atoms with E-state index in [0.29, 0.717) is 12.5 Å². The van der Waals surface area contributed by atoms with Gasteiger partial charge in [-0.2, -0.15) is 0 Å². The average molecular weight is 274 g/mol. The normalized spacial score (nSPS) is 28.0. The third-order valence-electron chi connectivity index (χ3n) is 4.46. The van der Waals surface area contributed by atoms with E-state index < -0.39 is 0 Å². The lowest BCUT2D eigenvalue weighted by atomic mass is 10.2. The molecule has 3 rings (SSSR count). The summed E-state index contributed by atoms with van der Waals surface area (Å²) in [5.41, 5.74) is 1.38. The van der Waals surface area contributed by atoms with Gasteiger partial charge in [0.25, 0.3) is 0 Å². The molecule has 1 saturated heterocycles. The first-order valence-corrected chi connectivity index (χ1v) is 7.25. The molecule has 4 nitrogen and oxygen atoms in total. The zero-order valence-electron chi connectivity index (χ0n) is 12.2. The molecule has 1 heterocycles. The molecule has 1 amide bonds. The number of likely N-dealkylation sites (tertiary alicyclic amines) is 1. The van der Waals surface area contributed by atoms with Crippen molar-refractivity contribution in [2.24, 2.45) is 17.8 Å². The molecule has 1 aliphatic carbocycles. The summed E-state index contributed by atoms with van der Waals surface area (Å²) in [5.74, 6) is 2.05. The highest BCUT2D eigenvalue weighted by molar-refractivity contribution is 5.66. The molecule has 0 bridgehead atoms. The SMILES string of the molecule is CN(C)C(=O)OCC1[C@H]2CN(Cc3ccccc3)C[C@@H]12. The maximum atomic E-state index is 11.4. The monoisotopic (exact) mass is 274 g/mol. The average Bonchev–Trinajstić information content (AvgIpc) is 2.90. The number of fused-ring (bicyclic) bond motifs is 1. The molecule has 2 aliphatic rings. The molecule has 1 unspecified atom stereocenters. The third kappa shape index (κ3) is 2.80. The summed E-state index contributed by atoms with van der Waals surface area (Å²) in [4.78, 5) is 15.4. The highest BCUT2D eigenvalue weighted by Crippen LogP contribution is 2.51. The van der Waals surface area contributed by atoms with Gasteiger partial charge in [0.05, 0.1) is 6.61 Å². The van der Waals surface area contributed by atoms with E-state index in [1.807, 2.05) is 0 Å². The minimum absolute atomic E-state index is 0.226. The number of nitrogens with zero attached hydrogens (tertiary/aromatic N) is 2. The standard InChI is InChI=1S/C16H22N2O2/c1-17(2)16(19)20-11-15-13-9-18(10-14(13)15)8-12-6-4-3-5-7-12/h3-7,13-15H,8-11H2,1-2H3/t13-,14+,15?. The maximum absolute atomic E-state index is 11.4. The van der Waals surface area contributed by atoms with Gasteiger partial charge in [-0.15, -0.1) is 0 Å². The number of amides is 1. The summed E-state index contributed by atoms with van der Waals surface area (Å²) in [5, 5.41) is 0. The Hall–Kier alpha value is -1.55. The molecular formula is C16H22N2O2. The molecule has 0 N–H and O–H groups in total. The Balaban J connectivity index is 1.41. The van der Waals surface area contributed by atoms with Crippen LogP contribution in [0.4, 0.5) is 4.79 Å². The van der Waals surface area contributed by atoms with E-state index in [-0.39, 0.29) is 6.09 Å². The van der Waals surface area contributed by atoms with Gasteiger partial charge in [-0.25, -0.2) is 4.79 Å². The number of hydrogen-bond acceptors (Lipinski definition) is 3. The second-order valence-corrected chi connectivity index (χ2v) is 6.14. The van der Waals surface area contributed by atoms with Crippen LogP contribution >= 0.6 is 0 Å². The molecular weight excluding hydrogens is 252 g/mol. The molecule has 2 fully saturated rings. The van der Waals surface area contributed by atoms with Gasteiger partial charge in [-0.3, -0.25) is 4.90 Å². The quantitative estimate of drug-likeness (QED) is 0.842. The van der Waals surface area contributed by atoms with Crippen LogP contribution in [0.3, 0.4) is 0 Å². The summed E-state index contributed by atoms with van der Waals surface area (Å²) >= 11 is 0. The van der Waals surface area contributed by atoms with Crippen LogP contribution in [0.1, 0.15) is 5.56 Å². The van der Waals surface area contributed by atoms with Crippen molar-refractivity contribution in [3.05, 3.63) is 35.9 Å². The molecule has 4 heteroatoms. The predicted octanol–water partition coefficient (Wildman–Crippen LogP) is 2.06. The van der Waals surface area contributed by atoms with Crippen LogP contribution in [0.15, 0.2) is 30.3 Å². The Bertz CT molecular complexity index is 463. The summed E-state index contributed by atoms with van der Waals surface area (Å²) < 4.78 is 5.29. The zero-order chi connectivity index (χ0) is 14.1. The molecule has 0 spiro atoms. The van der Waals surface area contributed by atoms with Crippen molar-refractivity contribution < 1.29 is 9.53 Å². The van der Waals surface area contributed by atoms with Gasteiger partial charge in [-0.1, -0.05) is 30.3 Å². The van der Waals surface area contributed by atoms with Crippen LogP contribution < -0.4 is 0 Å². The van der Waals surface area contributed by atoms with Gasteiger partial charge < -0.3 is 9.64 Å². The van der Waals surface area contributed by atoms with Crippen molar-refractivity contribution in [1.82, 2.24) is 9.80 Å². The van der Waals surface area contributed by atoms with Crippen LogP contribution in [0, 0.1) is 17.8 Å². The van der Waals surface area contributed by atoms with Crippen molar-refractivity contribution in [3.8, 4) is 0 Å². The molecule has 1 aromatic rings. The van der Waals surface area contributed by atoms with Gasteiger partial charge in [0.15, 0.2) is 0 Å². The van der Waals surface area contributed by atoms with E-state index in [9.17, 15) is 4.79 Å². The largest absolute Gasteiger partial charge is 0.449 e. The van der Waals surface area contributed by atoms with Gasteiger partial charge in [0.1, 0.15) is 0 Å². The van der Waals surface area contributed by atoms with Crippen molar-refractivity contribution >= 4 is 6.09 Å². The fraction of sp³-hybridized carbons (Fsp3) is 0.562. The van der Waals surface area contributed by atoms with E-state index in [0.717, 1.165) is 31.5 Å². The Labute approximate surface area is 120 Å². The zero-order valence-corrected chi connectivity index (χ0v) is 12.2. The topological polar surface area (TPSA) is 32.8 Å². The molecule has 0 radical (unpaired) electrons. The molecule has 3 atom stereocenters. The predicted molar refractivity (Wildman–Crippen MR) is 77.2 cm³/mol. The lowest BCUT2D eigenvalue weighted by molar-refractivity contribution is 0.106. The van der Waals surface area contributed by atoms with Crippen molar-refractivity contribution in [2.75, 3.05) is 33.8 Å². The second kappa shape index (κ2) is 5.44. The van der Waals surface area contributed by atoms with E-state index in [1.54, 1.807) is 14.1 Å². The third-order valence-corrected chi connectivity index (χ3v) is 4.46. The lowest BCUT2D eigenvalue weighted by Gasteiger charge is -2.19. The number of piperidine rings is 1. The van der Waals surface area contributed by atoms with E-state index in [4.69, 9.17) is 4.74 Å². The van der Waals surface area contributed by atoms with Crippen LogP contribution in [0.2, 0.25) is 0 Å². The van der Waals surface area contributed by atoms with Gasteiger partial charge in [-0.05, 0) is 17.4 Å². The van der Waals surface area contributed by atoms with Gasteiger partial charge in [0.2, 0.25) is 0 Å². The molecule has 20 heavy (non-hydrogen) atoms. The van der Waals surface area contributed by atoms with Crippen LogP contribution in [0.25, 0.3) is 0 Å². The molecule has 108 valence electrons. The number of carbonyl (C=O) groups is 1. The van der Waals surface area contributed by atoms with Crippen molar-refractivity contribution in [3.63, 3.8) is 0 Å². The number of carbonyl (C=O) groups excluding carboxylic acids is 1. The van der Waals surface area contributed by atoms with Gasteiger partial charge >= 0.3 is 6.09 Å². The molecule has 1 saturated carbocycles. The summed E-state index contributed by atoms with van der Waals surface area (Å²) in [6.45, 7) is 3.91. The van der Waals surface area contributed by atoms with E-state index in [1.165, 1.54) is 10.5 Å². The van der Waals surface area contributed by atoms with Crippen LogP contribution in [-0.4, -0.2) is 49.7 Å². The molecule has 0 aromatic heterocycles. The Morgan fingerprint density at radius 1 is 1.25 bits per heavy atom. The Kier molecular flexibility index (Phi) is 3.66. The summed E-state index contributed by atoms with van der Waals surface area (Å²) in [6, 6.07) is 10.6. The maximum Gasteiger partial charge on any atom is 0.409 e. The highest BCUT2D eigenvalue weighted by Gasteiger charge is 2.55. The molecule has 1 aromatic carbocycles. The van der Waals surface area contributed by atoms with E-state index in [2.05, 4.69) is 35.2 Å². The fourth-order valence-electron chi connectivity index (χ4n) is 3.25. The first-order valence-electron chi connectivity index (χ1n) is 7.25. The Morgan fingerprint density at radius 3 is 2.50 bits per heavy atom. The Morgan fingerprint density at radius 2 is 1.90 bits per heavy atom. The van der Waals surface area contributed by atoms with Crippen LogP contribution in [0.5, 0.6) is 0 Å². The molecule has 1 aliphatic heterocycles. The highest BCUT2D eigenvalue weighted by atomic mass is 16.6. The fourth-order valence-corrected chi connectivity index (χ4v) is 3.25. The van der Waals surface area contributed by atoms with Gasteiger partial charge in [0, 0.05) is 39.6 Å². The van der Waals surface area contributed by atoms with Crippen molar-refractivity contribution in [2.45, 2.75) is 6.54 Å². The van der Waals surface area contributed by atoms with Crippen LogP contribution in [-0.2, 0) is 11.3 Å². The number of hydrogen-bond donors (Lipinski definition) is 0. The lowest BCUT2D eigenvalue weighted by Crippen LogP contribution is -2.27. The first kappa shape index (κ1) is 13.4. The van der Waals surface area contributed by atoms with Crippen molar-refractivity contribution in [1.29, 1.82) is 0 Å². The second-order valence-electron chi connectivity index (χ2n) is 6.14. The number of ether oxygens (including phenoxy) is 1. The summed E-state index contributed by atoms with van der Waals surface area (Å²) in [7, 11) is 3.44. The number of benzene rings is 1. The minimum atomic E-state index is -0.226. The summed E-state index contributed by atoms with van der Waals surface area (Å²) in [6.07, 6.45) is -0.226. The number of rotatable bonds is 4. The minimum Gasteiger partial charge on any atom is -0.449 e.